The summed E-state index contributed by atoms with van der Waals surface area (Å²) in [6.07, 6.45) is 3.59. The number of nitrogens with one attached hydrogen (secondary N) is 1. The van der Waals surface area contributed by atoms with Gasteiger partial charge in [-0.2, -0.15) is 5.10 Å². The molecule has 6 nitrogen and oxygen atoms in total. The molecule has 9 heteroatoms. The minimum atomic E-state index is -0.261. The van der Waals surface area contributed by atoms with Gasteiger partial charge in [-0.1, -0.05) is 12.1 Å². The highest BCUT2D eigenvalue weighted by Gasteiger charge is 2.08. The number of aromatic nitrogens is 6. The first-order valence-corrected chi connectivity index (χ1v) is 13.3. The number of hydrogen-bond donors (Lipinski definition) is 1. The Morgan fingerprint density at radius 3 is 1.79 bits per heavy atom. The molecule has 0 aliphatic heterocycles. The molecular formula is C30H29F2IN6. The van der Waals surface area contributed by atoms with Gasteiger partial charge in [0.15, 0.2) is 5.82 Å². The second-order valence-corrected chi connectivity index (χ2v) is 10.1. The number of hydrogen-bond acceptors (Lipinski definition) is 2. The van der Waals surface area contributed by atoms with E-state index in [2.05, 4.69) is 85.1 Å². The fourth-order valence-corrected chi connectivity index (χ4v) is 4.61. The molecule has 0 saturated heterocycles. The average Bonchev–Trinajstić information content (AvgIpc) is 3.70. The number of rotatable bonds is 3. The van der Waals surface area contributed by atoms with Crippen molar-refractivity contribution >= 4 is 22.6 Å². The number of H-pyrrole nitrogens is 1. The van der Waals surface area contributed by atoms with Gasteiger partial charge in [-0.15, -0.1) is 5.10 Å². The van der Waals surface area contributed by atoms with Crippen molar-refractivity contribution in [3.8, 4) is 17.3 Å². The lowest BCUT2D eigenvalue weighted by Gasteiger charge is -2.05. The van der Waals surface area contributed by atoms with E-state index in [9.17, 15) is 8.78 Å². The van der Waals surface area contributed by atoms with E-state index in [1.54, 1.807) is 23.0 Å². The molecule has 6 aromatic rings. The largest absolute Gasteiger partial charge is 0.304 e. The molecule has 0 bridgehead atoms. The summed E-state index contributed by atoms with van der Waals surface area (Å²) in [5.41, 5.74) is 5.41. The van der Waals surface area contributed by atoms with Gasteiger partial charge in [-0.25, -0.2) is 13.5 Å². The van der Waals surface area contributed by atoms with Crippen molar-refractivity contribution in [2.45, 2.75) is 27.7 Å². The van der Waals surface area contributed by atoms with Crippen LogP contribution in [0.2, 0.25) is 0 Å². The summed E-state index contributed by atoms with van der Waals surface area (Å²) >= 11 is 2.07. The van der Waals surface area contributed by atoms with Crippen LogP contribution in [0.25, 0.3) is 17.3 Å². The molecule has 0 amide bonds. The summed E-state index contributed by atoms with van der Waals surface area (Å²) in [7, 11) is 0. The van der Waals surface area contributed by atoms with Crippen molar-refractivity contribution in [3.63, 3.8) is 0 Å². The highest BCUT2D eigenvalue weighted by molar-refractivity contribution is 14.1. The van der Waals surface area contributed by atoms with E-state index in [0.29, 0.717) is 5.69 Å². The normalized spacial score (nSPS) is 10.4. The van der Waals surface area contributed by atoms with Crippen LogP contribution in [0, 0.1) is 42.9 Å². The SMILES string of the molecule is Cc1ccc(C)n1-c1ccn(-c2cccc(F)c2)n1.Cc1ccc(C)n1-c1ccn[nH]1.Fc1cccc(I)c1. The van der Waals surface area contributed by atoms with Gasteiger partial charge in [0, 0.05) is 44.7 Å². The molecule has 1 N–H and O–H groups in total. The van der Waals surface area contributed by atoms with E-state index >= 15 is 0 Å². The number of aromatic amines is 1. The topological polar surface area (TPSA) is 56.4 Å². The van der Waals surface area contributed by atoms with Crippen LogP contribution in [-0.2, 0) is 0 Å². The smallest absolute Gasteiger partial charge is 0.159 e. The number of aryl methyl sites for hydroxylation is 4. The Labute approximate surface area is 240 Å². The molecule has 0 spiro atoms. The second kappa shape index (κ2) is 12.7. The molecule has 39 heavy (non-hydrogen) atoms. The summed E-state index contributed by atoms with van der Waals surface area (Å²) < 4.78 is 32.2. The van der Waals surface area contributed by atoms with E-state index in [1.807, 2.05) is 44.3 Å². The van der Waals surface area contributed by atoms with Crippen molar-refractivity contribution in [1.29, 1.82) is 0 Å². The van der Waals surface area contributed by atoms with Gasteiger partial charge >= 0.3 is 0 Å². The summed E-state index contributed by atoms with van der Waals surface area (Å²) in [5, 5.41) is 11.3. The summed E-state index contributed by atoms with van der Waals surface area (Å²) in [5.74, 6) is 1.43. The maximum absolute atomic E-state index is 13.2. The molecule has 0 atom stereocenters. The maximum Gasteiger partial charge on any atom is 0.159 e. The van der Waals surface area contributed by atoms with E-state index in [4.69, 9.17) is 0 Å². The third-order valence-electron chi connectivity index (χ3n) is 5.93. The maximum atomic E-state index is 13.2. The fraction of sp³-hybridized carbons (Fsp3) is 0.133. The van der Waals surface area contributed by atoms with Crippen molar-refractivity contribution in [2.24, 2.45) is 0 Å². The van der Waals surface area contributed by atoms with Crippen molar-refractivity contribution in [2.75, 3.05) is 0 Å². The number of nitrogens with zero attached hydrogens (tertiary/aromatic N) is 5. The predicted octanol–water partition coefficient (Wildman–Crippen LogP) is 7.67. The molecule has 4 heterocycles. The number of halogens is 3. The third kappa shape index (κ3) is 7.11. The van der Waals surface area contributed by atoms with E-state index in [1.165, 1.54) is 35.7 Å². The van der Waals surface area contributed by atoms with Crippen LogP contribution in [0.1, 0.15) is 22.8 Å². The molecular weight excluding hydrogens is 609 g/mol. The second-order valence-electron chi connectivity index (χ2n) is 8.88. The zero-order valence-electron chi connectivity index (χ0n) is 22.1. The molecule has 0 fully saturated rings. The first-order valence-electron chi connectivity index (χ1n) is 12.3. The summed E-state index contributed by atoms with van der Waals surface area (Å²) in [6, 6.07) is 25.0. The molecule has 0 aliphatic rings. The van der Waals surface area contributed by atoms with Crippen LogP contribution in [0.15, 0.2) is 97.3 Å². The zero-order valence-corrected chi connectivity index (χ0v) is 24.3. The van der Waals surface area contributed by atoms with Gasteiger partial charge in [0.25, 0.3) is 0 Å². The molecule has 4 aromatic heterocycles. The lowest BCUT2D eigenvalue weighted by Crippen LogP contribution is -2.02. The highest BCUT2D eigenvalue weighted by atomic mass is 127. The Hall–Kier alpha value is -3.99. The summed E-state index contributed by atoms with van der Waals surface area (Å²) in [6.45, 7) is 8.23. The Balaban J connectivity index is 0.000000150. The minimum Gasteiger partial charge on any atom is -0.304 e. The Bertz CT molecular complexity index is 1590. The molecule has 0 unspecified atom stereocenters. The van der Waals surface area contributed by atoms with E-state index in [-0.39, 0.29) is 11.6 Å². The number of benzene rings is 2. The minimum absolute atomic E-state index is 0.170. The van der Waals surface area contributed by atoms with Crippen LogP contribution >= 0.6 is 22.6 Å². The molecule has 6 rings (SSSR count). The van der Waals surface area contributed by atoms with Crippen molar-refractivity contribution in [3.05, 3.63) is 135 Å². The lowest BCUT2D eigenvalue weighted by molar-refractivity contribution is 0.625. The molecule has 0 radical (unpaired) electrons. The van der Waals surface area contributed by atoms with Crippen LogP contribution in [0.3, 0.4) is 0 Å². The molecule has 200 valence electrons. The molecule has 2 aromatic carbocycles. The fourth-order valence-electron chi connectivity index (χ4n) is 4.11. The Morgan fingerprint density at radius 1 is 0.692 bits per heavy atom. The summed E-state index contributed by atoms with van der Waals surface area (Å²) in [4.78, 5) is 0. The van der Waals surface area contributed by atoms with Gasteiger partial charge in [0.2, 0.25) is 0 Å². The van der Waals surface area contributed by atoms with Crippen molar-refractivity contribution < 1.29 is 8.78 Å². The van der Waals surface area contributed by atoms with Gasteiger partial charge in [0.1, 0.15) is 17.5 Å². The Morgan fingerprint density at radius 2 is 1.28 bits per heavy atom. The van der Waals surface area contributed by atoms with Crippen LogP contribution in [0.5, 0.6) is 0 Å². The lowest BCUT2D eigenvalue weighted by atomic mass is 10.3. The van der Waals surface area contributed by atoms with Gasteiger partial charge in [0.05, 0.1) is 11.9 Å². The average molecular weight is 639 g/mol. The Kier molecular flexibility index (Phi) is 9.13. The highest BCUT2D eigenvalue weighted by Crippen LogP contribution is 2.17. The standard InChI is InChI=1S/C15H14FN3.C9H11N3.C6H4FI/c1-11-6-7-12(2)19(11)15-8-9-18(17-15)14-5-3-4-13(16)10-14;1-7-3-4-8(2)12(7)9-5-6-10-11-9;7-5-2-1-3-6(8)4-5/h3-10H,1-2H3;3-6H,1-2H3,(H,10,11);1-4H. The first kappa shape index (κ1) is 28.0. The quantitative estimate of drug-likeness (QED) is 0.203. The van der Waals surface area contributed by atoms with Gasteiger partial charge in [-0.05, 0) is 111 Å². The van der Waals surface area contributed by atoms with Gasteiger partial charge < -0.3 is 9.13 Å². The van der Waals surface area contributed by atoms with Crippen LogP contribution in [0.4, 0.5) is 8.78 Å². The molecule has 0 aliphatic carbocycles. The van der Waals surface area contributed by atoms with Gasteiger partial charge in [-0.3, -0.25) is 5.10 Å². The zero-order chi connectivity index (χ0) is 27.9. The van der Waals surface area contributed by atoms with Crippen LogP contribution in [-0.4, -0.2) is 29.1 Å². The van der Waals surface area contributed by atoms with E-state index in [0.717, 1.165) is 26.6 Å². The van der Waals surface area contributed by atoms with Crippen LogP contribution < -0.4 is 0 Å². The van der Waals surface area contributed by atoms with Crippen molar-refractivity contribution in [1.82, 2.24) is 29.1 Å². The third-order valence-corrected chi connectivity index (χ3v) is 6.60. The monoisotopic (exact) mass is 638 g/mol. The first-order chi connectivity index (χ1) is 18.7. The molecule has 0 saturated carbocycles. The van der Waals surface area contributed by atoms with E-state index < -0.39 is 0 Å². The predicted molar refractivity (Wildman–Crippen MR) is 159 cm³/mol.